The number of carbonyl (C=O) groups excluding carboxylic acids is 2. The molecule has 0 aliphatic heterocycles. The molecule has 0 bridgehead atoms. The highest BCUT2D eigenvalue weighted by molar-refractivity contribution is 6.08. The van der Waals surface area contributed by atoms with E-state index in [0.29, 0.717) is 17.7 Å². The first-order valence-electron chi connectivity index (χ1n) is 8.40. The largest absolute Gasteiger partial charge is 0.457 e. The van der Waals surface area contributed by atoms with Crippen molar-refractivity contribution in [2.24, 2.45) is 5.73 Å². The molecule has 4 nitrogen and oxygen atoms in total. The number of esters is 1. The van der Waals surface area contributed by atoms with Crippen molar-refractivity contribution in [2.75, 3.05) is 0 Å². The number of allylic oxidation sites excluding steroid dienone is 3. The molecule has 0 heterocycles. The second-order valence-corrected chi connectivity index (χ2v) is 6.07. The Balaban J connectivity index is 1.98. The van der Waals surface area contributed by atoms with Crippen LogP contribution in [0.5, 0.6) is 0 Å². The molecule has 0 aromatic heterocycles. The van der Waals surface area contributed by atoms with E-state index in [0.717, 1.165) is 11.1 Å². The lowest BCUT2D eigenvalue weighted by Gasteiger charge is -2.07. The highest BCUT2D eigenvalue weighted by atomic mass is 16.5. The third kappa shape index (κ3) is 5.74. The van der Waals surface area contributed by atoms with E-state index in [2.05, 4.69) is 0 Å². The molecule has 26 heavy (non-hydrogen) atoms. The van der Waals surface area contributed by atoms with Crippen molar-refractivity contribution in [3.8, 4) is 0 Å². The number of carbonyl (C=O) groups is 2. The topological polar surface area (TPSA) is 69.4 Å². The van der Waals surface area contributed by atoms with Gasteiger partial charge in [-0.05, 0) is 31.1 Å². The van der Waals surface area contributed by atoms with E-state index in [-0.39, 0.29) is 18.0 Å². The summed E-state index contributed by atoms with van der Waals surface area (Å²) in [6.45, 7) is 3.40. The van der Waals surface area contributed by atoms with Gasteiger partial charge in [-0.3, -0.25) is 4.79 Å². The SMILES string of the molecule is C/C(C(=O)/C=C(\C)C(=O)OCc1ccccc1)=C(/N)Cc1ccccc1. The molecule has 134 valence electrons. The minimum Gasteiger partial charge on any atom is -0.457 e. The second kappa shape index (κ2) is 9.37. The van der Waals surface area contributed by atoms with E-state index < -0.39 is 5.97 Å². The number of hydrogen-bond donors (Lipinski definition) is 1. The molecule has 0 spiro atoms. The minimum atomic E-state index is -0.517. The molecular weight excluding hydrogens is 326 g/mol. The summed E-state index contributed by atoms with van der Waals surface area (Å²) in [6.07, 6.45) is 1.77. The van der Waals surface area contributed by atoms with Crippen LogP contribution in [-0.4, -0.2) is 11.8 Å². The number of hydrogen-bond acceptors (Lipinski definition) is 4. The lowest BCUT2D eigenvalue weighted by molar-refractivity contribution is -0.140. The highest BCUT2D eigenvalue weighted by Crippen LogP contribution is 2.11. The summed E-state index contributed by atoms with van der Waals surface area (Å²) >= 11 is 0. The maximum atomic E-state index is 12.3. The molecule has 0 aliphatic carbocycles. The van der Waals surface area contributed by atoms with Crippen LogP contribution < -0.4 is 5.73 Å². The molecule has 2 rings (SSSR count). The Labute approximate surface area is 154 Å². The van der Waals surface area contributed by atoms with E-state index in [1.54, 1.807) is 13.8 Å². The molecule has 0 aliphatic rings. The lowest BCUT2D eigenvalue weighted by atomic mass is 10.0. The third-order valence-electron chi connectivity index (χ3n) is 3.97. The Morgan fingerprint density at radius 3 is 2.04 bits per heavy atom. The van der Waals surface area contributed by atoms with Crippen molar-refractivity contribution in [1.82, 2.24) is 0 Å². The van der Waals surface area contributed by atoms with Gasteiger partial charge in [0.25, 0.3) is 0 Å². The number of nitrogens with two attached hydrogens (primary N) is 1. The molecule has 0 atom stereocenters. The summed E-state index contributed by atoms with van der Waals surface area (Å²) in [7, 11) is 0. The molecule has 2 aromatic carbocycles. The van der Waals surface area contributed by atoms with Gasteiger partial charge >= 0.3 is 5.97 Å². The van der Waals surface area contributed by atoms with Crippen LogP contribution in [0.4, 0.5) is 0 Å². The van der Waals surface area contributed by atoms with Crippen molar-refractivity contribution >= 4 is 11.8 Å². The van der Waals surface area contributed by atoms with Gasteiger partial charge in [-0.15, -0.1) is 0 Å². The molecule has 0 radical (unpaired) electrons. The van der Waals surface area contributed by atoms with Crippen LogP contribution in [0.3, 0.4) is 0 Å². The summed E-state index contributed by atoms with van der Waals surface area (Å²) in [4.78, 5) is 24.4. The molecule has 2 aromatic rings. The van der Waals surface area contributed by atoms with Gasteiger partial charge in [0, 0.05) is 23.3 Å². The first-order valence-corrected chi connectivity index (χ1v) is 8.40. The molecule has 4 heteroatoms. The number of rotatable bonds is 7. The average molecular weight is 349 g/mol. The van der Waals surface area contributed by atoms with Crippen LogP contribution in [0.15, 0.2) is 83.6 Å². The van der Waals surface area contributed by atoms with E-state index >= 15 is 0 Å². The first kappa shape index (κ1) is 19.2. The van der Waals surface area contributed by atoms with Crippen LogP contribution >= 0.6 is 0 Å². The van der Waals surface area contributed by atoms with E-state index in [1.165, 1.54) is 6.08 Å². The molecule has 0 amide bonds. The maximum absolute atomic E-state index is 12.3. The molecule has 0 saturated carbocycles. The Hall–Kier alpha value is -3.14. The fourth-order valence-corrected chi connectivity index (χ4v) is 2.31. The summed E-state index contributed by atoms with van der Waals surface area (Å²) in [5.74, 6) is -0.802. The fourth-order valence-electron chi connectivity index (χ4n) is 2.31. The van der Waals surface area contributed by atoms with Crippen molar-refractivity contribution in [3.63, 3.8) is 0 Å². The molecule has 0 saturated heterocycles. The van der Waals surface area contributed by atoms with Gasteiger partial charge in [0.2, 0.25) is 0 Å². The van der Waals surface area contributed by atoms with Gasteiger partial charge < -0.3 is 10.5 Å². The quantitative estimate of drug-likeness (QED) is 0.611. The molecular formula is C22H23NO3. The summed E-state index contributed by atoms with van der Waals surface area (Å²) in [5.41, 5.74) is 9.14. The van der Waals surface area contributed by atoms with Gasteiger partial charge in [-0.2, -0.15) is 0 Å². The molecule has 2 N–H and O–H groups in total. The minimum absolute atomic E-state index is 0.171. The predicted molar refractivity (Wildman–Crippen MR) is 102 cm³/mol. The van der Waals surface area contributed by atoms with Gasteiger partial charge in [0.1, 0.15) is 6.61 Å². The zero-order valence-electron chi connectivity index (χ0n) is 15.1. The van der Waals surface area contributed by atoms with E-state index in [1.807, 2.05) is 60.7 Å². The Morgan fingerprint density at radius 1 is 0.923 bits per heavy atom. The van der Waals surface area contributed by atoms with Crippen molar-refractivity contribution in [3.05, 3.63) is 94.7 Å². The fraction of sp³-hybridized carbons (Fsp3) is 0.182. The Morgan fingerprint density at radius 2 is 1.46 bits per heavy atom. The monoisotopic (exact) mass is 349 g/mol. The summed E-state index contributed by atoms with van der Waals surface area (Å²) in [6, 6.07) is 19.1. The molecule has 0 fully saturated rings. The van der Waals surface area contributed by atoms with Crippen molar-refractivity contribution < 1.29 is 14.3 Å². The smallest absolute Gasteiger partial charge is 0.334 e. The number of ketones is 1. The number of ether oxygens (including phenoxy) is 1. The van der Waals surface area contributed by atoms with Crippen molar-refractivity contribution in [1.29, 1.82) is 0 Å². The third-order valence-corrected chi connectivity index (χ3v) is 3.97. The predicted octanol–water partition coefficient (Wildman–Crippen LogP) is 3.72. The lowest BCUT2D eigenvalue weighted by Crippen LogP contribution is -2.12. The summed E-state index contributed by atoms with van der Waals surface area (Å²) < 4.78 is 5.22. The van der Waals surface area contributed by atoms with Gasteiger partial charge in [-0.25, -0.2) is 4.79 Å². The first-order chi connectivity index (χ1) is 12.5. The standard InChI is InChI=1S/C22H23NO3/c1-16(22(25)26-15-19-11-7-4-8-12-19)13-21(24)17(2)20(23)14-18-9-5-3-6-10-18/h3-13H,14-15,23H2,1-2H3/b16-13+,20-17-. The van der Waals surface area contributed by atoms with Crippen LogP contribution in [0, 0.1) is 0 Å². The van der Waals surface area contributed by atoms with Crippen LogP contribution in [0.2, 0.25) is 0 Å². The van der Waals surface area contributed by atoms with E-state index in [4.69, 9.17) is 10.5 Å². The number of benzene rings is 2. The zero-order valence-corrected chi connectivity index (χ0v) is 15.1. The van der Waals surface area contributed by atoms with Crippen molar-refractivity contribution in [2.45, 2.75) is 26.9 Å². The summed E-state index contributed by atoms with van der Waals surface area (Å²) in [5, 5.41) is 0. The van der Waals surface area contributed by atoms with E-state index in [9.17, 15) is 9.59 Å². The van der Waals surface area contributed by atoms with Crippen LogP contribution in [-0.2, 0) is 27.4 Å². The molecule has 0 unspecified atom stereocenters. The Bertz CT molecular complexity index is 821. The van der Waals surface area contributed by atoms with Crippen LogP contribution in [0.25, 0.3) is 0 Å². The van der Waals surface area contributed by atoms with Gasteiger partial charge in [-0.1, -0.05) is 60.7 Å². The van der Waals surface area contributed by atoms with Crippen LogP contribution in [0.1, 0.15) is 25.0 Å². The second-order valence-electron chi connectivity index (χ2n) is 6.07. The van der Waals surface area contributed by atoms with Gasteiger partial charge in [0.05, 0.1) is 0 Å². The normalized spacial score (nSPS) is 12.3. The van der Waals surface area contributed by atoms with Gasteiger partial charge in [0.15, 0.2) is 5.78 Å². The maximum Gasteiger partial charge on any atom is 0.334 e. The zero-order chi connectivity index (χ0) is 18.9. The average Bonchev–Trinajstić information content (AvgIpc) is 2.66. The highest BCUT2D eigenvalue weighted by Gasteiger charge is 2.12. The Kier molecular flexibility index (Phi) is 6.92.